The van der Waals surface area contributed by atoms with Crippen molar-refractivity contribution in [3.63, 3.8) is 0 Å². The van der Waals surface area contributed by atoms with E-state index in [0.717, 1.165) is 12.8 Å². The van der Waals surface area contributed by atoms with Gasteiger partial charge in [0, 0.05) is 5.57 Å². The second-order valence-electron chi connectivity index (χ2n) is 4.42. The number of hydrogen-bond donors (Lipinski definition) is 1. The average Bonchev–Trinajstić information content (AvgIpc) is 2.16. The van der Waals surface area contributed by atoms with E-state index in [9.17, 15) is 4.79 Å². The van der Waals surface area contributed by atoms with E-state index >= 15 is 0 Å². The lowest BCUT2D eigenvalue weighted by atomic mass is 10.2. The van der Waals surface area contributed by atoms with Crippen LogP contribution in [0.3, 0.4) is 0 Å². The van der Waals surface area contributed by atoms with E-state index in [1.54, 1.807) is 6.92 Å². The van der Waals surface area contributed by atoms with E-state index in [-0.39, 0.29) is 18.2 Å². The Balaban J connectivity index is 4.09. The SMILES string of the molecule is C=C(C)C(=O)NC(CCCCC)OC(C)C. The fourth-order valence-electron chi connectivity index (χ4n) is 1.35. The molecule has 0 aliphatic carbocycles. The number of carbonyl (C=O) groups is 1. The Kier molecular flexibility index (Phi) is 7.90. The molecule has 0 rings (SSSR count). The van der Waals surface area contributed by atoms with Gasteiger partial charge >= 0.3 is 0 Å². The van der Waals surface area contributed by atoms with E-state index in [1.807, 2.05) is 13.8 Å². The molecule has 0 aliphatic rings. The third-order valence-corrected chi connectivity index (χ3v) is 2.19. The number of ether oxygens (including phenoxy) is 1. The van der Waals surface area contributed by atoms with Crippen LogP contribution >= 0.6 is 0 Å². The minimum absolute atomic E-state index is 0.122. The standard InChI is InChI=1S/C13H25NO2/c1-6-7-8-9-12(16-11(4)5)14-13(15)10(2)3/h11-12H,2,6-9H2,1,3-5H3,(H,14,15). The quantitative estimate of drug-likeness (QED) is 0.393. The third-order valence-electron chi connectivity index (χ3n) is 2.19. The molecule has 0 heterocycles. The van der Waals surface area contributed by atoms with Crippen molar-refractivity contribution in [2.45, 2.75) is 65.7 Å². The second-order valence-corrected chi connectivity index (χ2v) is 4.42. The molecule has 0 aliphatic heterocycles. The lowest BCUT2D eigenvalue weighted by Crippen LogP contribution is -2.38. The minimum Gasteiger partial charge on any atom is -0.356 e. The first-order valence-electron chi connectivity index (χ1n) is 6.09. The predicted molar refractivity (Wildman–Crippen MR) is 67.1 cm³/mol. The largest absolute Gasteiger partial charge is 0.356 e. The number of unbranched alkanes of at least 4 members (excludes halogenated alkanes) is 2. The lowest BCUT2D eigenvalue weighted by molar-refractivity contribution is -0.123. The van der Waals surface area contributed by atoms with Crippen molar-refractivity contribution in [1.82, 2.24) is 5.32 Å². The highest BCUT2D eigenvalue weighted by Crippen LogP contribution is 2.07. The molecule has 0 radical (unpaired) electrons. The Morgan fingerprint density at radius 3 is 2.44 bits per heavy atom. The van der Waals surface area contributed by atoms with Gasteiger partial charge < -0.3 is 10.1 Å². The molecule has 0 bridgehead atoms. The van der Waals surface area contributed by atoms with Gasteiger partial charge in [0.2, 0.25) is 5.91 Å². The summed E-state index contributed by atoms with van der Waals surface area (Å²) in [6.07, 6.45) is 4.21. The van der Waals surface area contributed by atoms with Crippen LogP contribution in [0.15, 0.2) is 12.2 Å². The van der Waals surface area contributed by atoms with Gasteiger partial charge in [-0.1, -0.05) is 26.3 Å². The smallest absolute Gasteiger partial charge is 0.248 e. The molecule has 0 aromatic heterocycles. The van der Waals surface area contributed by atoms with Crippen molar-refractivity contribution >= 4 is 5.91 Å². The maximum atomic E-state index is 11.5. The van der Waals surface area contributed by atoms with Gasteiger partial charge in [0.15, 0.2) is 0 Å². The van der Waals surface area contributed by atoms with Gasteiger partial charge in [-0.2, -0.15) is 0 Å². The Morgan fingerprint density at radius 1 is 1.38 bits per heavy atom. The Labute approximate surface area is 99.3 Å². The molecule has 94 valence electrons. The highest BCUT2D eigenvalue weighted by molar-refractivity contribution is 5.92. The van der Waals surface area contributed by atoms with Gasteiger partial charge in [-0.05, 0) is 33.6 Å². The summed E-state index contributed by atoms with van der Waals surface area (Å²) in [6, 6.07) is 0. The van der Waals surface area contributed by atoms with Crippen LogP contribution in [-0.2, 0) is 9.53 Å². The normalized spacial score (nSPS) is 12.6. The highest BCUT2D eigenvalue weighted by Gasteiger charge is 2.13. The van der Waals surface area contributed by atoms with Crippen LogP contribution in [0, 0.1) is 0 Å². The predicted octanol–water partition coefficient (Wildman–Crippen LogP) is 3.01. The maximum absolute atomic E-state index is 11.5. The first kappa shape index (κ1) is 15.2. The summed E-state index contributed by atoms with van der Waals surface area (Å²) >= 11 is 0. The molecule has 0 spiro atoms. The first-order valence-corrected chi connectivity index (χ1v) is 6.09. The molecular formula is C13H25NO2. The fraction of sp³-hybridized carbons (Fsp3) is 0.769. The highest BCUT2D eigenvalue weighted by atomic mass is 16.5. The van der Waals surface area contributed by atoms with Crippen molar-refractivity contribution in [2.24, 2.45) is 0 Å². The van der Waals surface area contributed by atoms with Crippen LogP contribution < -0.4 is 5.32 Å². The molecule has 0 fully saturated rings. The summed E-state index contributed by atoms with van der Waals surface area (Å²) in [5.74, 6) is -0.123. The van der Waals surface area contributed by atoms with E-state index in [4.69, 9.17) is 4.74 Å². The number of amides is 1. The molecule has 16 heavy (non-hydrogen) atoms. The van der Waals surface area contributed by atoms with E-state index < -0.39 is 0 Å². The van der Waals surface area contributed by atoms with Crippen LogP contribution in [0.2, 0.25) is 0 Å². The molecule has 0 saturated heterocycles. The lowest BCUT2D eigenvalue weighted by Gasteiger charge is -2.21. The van der Waals surface area contributed by atoms with Gasteiger partial charge in [-0.15, -0.1) is 0 Å². The first-order chi connectivity index (χ1) is 7.47. The van der Waals surface area contributed by atoms with E-state index in [0.29, 0.717) is 5.57 Å². The summed E-state index contributed by atoms with van der Waals surface area (Å²) in [5, 5.41) is 2.85. The molecule has 0 aromatic carbocycles. The number of rotatable bonds is 8. The van der Waals surface area contributed by atoms with Crippen molar-refractivity contribution in [2.75, 3.05) is 0 Å². The molecular weight excluding hydrogens is 202 g/mol. The minimum atomic E-state index is -0.184. The second kappa shape index (κ2) is 8.34. The zero-order valence-corrected chi connectivity index (χ0v) is 11.0. The topological polar surface area (TPSA) is 38.3 Å². The summed E-state index contributed by atoms with van der Waals surface area (Å²) in [4.78, 5) is 11.5. The summed E-state index contributed by atoms with van der Waals surface area (Å²) in [6.45, 7) is 11.4. The Morgan fingerprint density at radius 2 is 2.00 bits per heavy atom. The van der Waals surface area contributed by atoms with E-state index in [2.05, 4.69) is 18.8 Å². The fourth-order valence-corrected chi connectivity index (χ4v) is 1.35. The van der Waals surface area contributed by atoms with Gasteiger partial charge in [0.25, 0.3) is 0 Å². The number of carbonyl (C=O) groups excluding carboxylic acids is 1. The van der Waals surface area contributed by atoms with Gasteiger partial charge in [-0.3, -0.25) is 4.79 Å². The molecule has 3 nitrogen and oxygen atoms in total. The van der Waals surface area contributed by atoms with Crippen LogP contribution in [0.5, 0.6) is 0 Å². The molecule has 3 heteroatoms. The molecule has 1 atom stereocenters. The number of hydrogen-bond acceptors (Lipinski definition) is 2. The van der Waals surface area contributed by atoms with E-state index in [1.165, 1.54) is 12.8 Å². The zero-order chi connectivity index (χ0) is 12.6. The van der Waals surface area contributed by atoms with Crippen LogP contribution in [0.25, 0.3) is 0 Å². The number of nitrogens with one attached hydrogen (secondary N) is 1. The summed E-state index contributed by atoms with van der Waals surface area (Å²) < 4.78 is 5.64. The van der Waals surface area contributed by atoms with Gasteiger partial charge in [0.05, 0.1) is 6.10 Å². The summed E-state index contributed by atoms with van der Waals surface area (Å²) in [7, 11) is 0. The van der Waals surface area contributed by atoms with Gasteiger partial charge in [-0.25, -0.2) is 0 Å². The Bertz CT molecular complexity index is 224. The van der Waals surface area contributed by atoms with Crippen molar-refractivity contribution in [3.05, 3.63) is 12.2 Å². The van der Waals surface area contributed by atoms with Crippen LogP contribution in [0.4, 0.5) is 0 Å². The average molecular weight is 227 g/mol. The molecule has 1 N–H and O–H groups in total. The molecule has 0 aromatic rings. The van der Waals surface area contributed by atoms with Gasteiger partial charge in [0.1, 0.15) is 6.23 Å². The zero-order valence-electron chi connectivity index (χ0n) is 11.0. The van der Waals surface area contributed by atoms with Crippen LogP contribution in [-0.4, -0.2) is 18.2 Å². The van der Waals surface area contributed by atoms with Crippen molar-refractivity contribution in [1.29, 1.82) is 0 Å². The molecule has 1 amide bonds. The van der Waals surface area contributed by atoms with Crippen LogP contribution in [0.1, 0.15) is 53.4 Å². The summed E-state index contributed by atoms with van der Waals surface area (Å²) in [5.41, 5.74) is 0.521. The third kappa shape index (κ3) is 7.46. The molecule has 0 saturated carbocycles. The Hall–Kier alpha value is -0.830. The molecule has 1 unspecified atom stereocenters. The van der Waals surface area contributed by atoms with Crippen molar-refractivity contribution < 1.29 is 9.53 Å². The monoisotopic (exact) mass is 227 g/mol. The van der Waals surface area contributed by atoms with Crippen molar-refractivity contribution in [3.8, 4) is 0 Å². The maximum Gasteiger partial charge on any atom is 0.248 e.